The molecular weight excluding hydrogens is 268 g/mol. The van der Waals surface area contributed by atoms with Gasteiger partial charge < -0.3 is 9.84 Å². The first-order valence-electron chi connectivity index (χ1n) is 7.15. The summed E-state index contributed by atoms with van der Waals surface area (Å²) in [6, 6.07) is 8.13. The Balaban J connectivity index is 1.91. The van der Waals surface area contributed by atoms with Crippen molar-refractivity contribution in [3.63, 3.8) is 0 Å². The lowest BCUT2D eigenvalue weighted by molar-refractivity contribution is -0.00382. The minimum atomic E-state index is -0.632. The van der Waals surface area contributed by atoms with Crippen LogP contribution in [-0.2, 0) is 17.7 Å². The number of aliphatic hydroxyl groups excluding tert-OH is 1. The molecule has 0 spiro atoms. The zero-order valence-corrected chi connectivity index (χ0v) is 12.7. The van der Waals surface area contributed by atoms with Gasteiger partial charge in [-0.25, -0.2) is 0 Å². The monoisotopic (exact) mass is 290 g/mol. The number of aromatic nitrogens is 4. The first kappa shape index (κ1) is 15.6. The third-order valence-corrected chi connectivity index (χ3v) is 3.10. The molecule has 6 heteroatoms. The van der Waals surface area contributed by atoms with Gasteiger partial charge in [0.1, 0.15) is 0 Å². The summed E-state index contributed by atoms with van der Waals surface area (Å²) >= 11 is 0. The molecule has 114 valence electrons. The topological polar surface area (TPSA) is 73.1 Å². The van der Waals surface area contributed by atoms with Crippen LogP contribution in [0.1, 0.15) is 30.8 Å². The molecule has 0 aliphatic rings. The Hall–Kier alpha value is -1.79. The van der Waals surface area contributed by atoms with Crippen molar-refractivity contribution in [1.29, 1.82) is 0 Å². The zero-order chi connectivity index (χ0) is 15.2. The van der Waals surface area contributed by atoms with Crippen LogP contribution >= 0.6 is 0 Å². The van der Waals surface area contributed by atoms with Gasteiger partial charge in [0.2, 0.25) is 0 Å². The Bertz CT molecular complexity index is 568. The van der Waals surface area contributed by atoms with Crippen LogP contribution in [-0.4, -0.2) is 44.1 Å². The zero-order valence-electron chi connectivity index (χ0n) is 12.7. The van der Waals surface area contributed by atoms with E-state index >= 15 is 0 Å². The molecule has 1 unspecified atom stereocenters. The first-order chi connectivity index (χ1) is 10.0. The van der Waals surface area contributed by atoms with E-state index in [1.165, 1.54) is 15.9 Å². The normalized spacial score (nSPS) is 12.8. The average Bonchev–Trinajstić information content (AvgIpc) is 2.86. The van der Waals surface area contributed by atoms with E-state index in [4.69, 9.17) is 4.74 Å². The molecule has 21 heavy (non-hydrogen) atoms. The van der Waals surface area contributed by atoms with Crippen molar-refractivity contribution < 1.29 is 9.84 Å². The first-order valence-corrected chi connectivity index (χ1v) is 7.15. The minimum absolute atomic E-state index is 0.0972. The third kappa shape index (κ3) is 4.91. The van der Waals surface area contributed by atoms with Gasteiger partial charge in [-0.1, -0.05) is 24.3 Å². The van der Waals surface area contributed by atoms with Crippen molar-refractivity contribution in [2.75, 3.05) is 6.61 Å². The van der Waals surface area contributed by atoms with Crippen LogP contribution in [0, 0.1) is 6.92 Å². The van der Waals surface area contributed by atoms with E-state index < -0.39 is 6.10 Å². The molecule has 0 radical (unpaired) electrons. The second kappa shape index (κ2) is 7.28. The summed E-state index contributed by atoms with van der Waals surface area (Å²) in [6.07, 6.45) is 0.110. The molecule has 1 aromatic carbocycles. The fourth-order valence-corrected chi connectivity index (χ4v) is 1.95. The van der Waals surface area contributed by atoms with E-state index in [1.807, 2.05) is 26.0 Å². The number of hydrogen-bond donors (Lipinski definition) is 1. The van der Waals surface area contributed by atoms with Crippen molar-refractivity contribution in [3.8, 4) is 0 Å². The Kier molecular flexibility index (Phi) is 5.41. The Labute approximate surface area is 124 Å². The lowest BCUT2D eigenvalue weighted by Crippen LogP contribution is -2.25. The SMILES string of the molecule is Cc1ccccc1Cc1nnn(CC(O)COC(C)C)n1. The number of tetrazole rings is 1. The molecule has 1 heterocycles. The summed E-state index contributed by atoms with van der Waals surface area (Å²) in [4.78, 5) is 1.42. The Morgan fingerprint density at radius 2 is 2.05 bits per heavy atom. The summed E-state index contributed by atoms with van der Waals surface area (Å²) in [5, 5.41) is 22.1. The predicted octanol–water partition coefficient (Wildman–Crippen LogP) is 1.36. The lowest BCUT2D eigenvalue weighted by Gasteiger charge is -2.12. The molecule has 0 aliphatic carbocycles. The highest BCUT2D eigenvalue weighted by Gasteiger charge is 2.11. The van der Waals surface area contributed by atoms with E-state index in [0.29, 0.717) is 12.2 Å². The molecule has 6 nitrogen and oxygen atoms in total. The number of rotatable bonds is 7. The van der Waals surface area contributed by atoms with Gasteiger partial charge in [-0.15, -0.1) is 10.2 Å². The van der Waals surface area contributed by atoms with E-state index in [2.05, 4.69) is 34.5 Å². The highest BCUT2D eigenvalue weighted by Crippen LogP contribution is 2.10. The van der Waals surface area contributed by atoms with E-state index in [0.717, 1.165) is 0 Å². The van der Waals surface area contributed by atoms with Gasteiger partial charge in [-0.05, 0) is 37.1 Å². The predicted molar refractivity (Wildman–Crippen MR) is 78.9 cm³/mol. The van der Waals surface area contributed by atoms with Crippen LogP contribution in [0.3, 0.4) is 0 Å². The van der Waals surface area contributed by atoms with Crippen molar-refractivity contribution in [2.24, 2.45) is 0 Å². The summed E-state index contributed by atoms with van der Waals surface area (Å²) in [7, 11) is 0. The average molecular weight is 290 g/mol. The molecule has 0 saturated carbocycles. The van der Waals surface area contributed by atoms with Gasteiger partial charge in [-0.2, -0.15) is 4.80 Å². The largest absolute Gasteiger partial charge is 0.389 e. The highest BCUT2D eigenvalue weighted by atomic mass is 16.5. The van der Waals surface area contributed by atoms with Gasteiger partial charge in [0, 0.05) is 6.42 Å². The van der Waals surface area contributed by atoms with Gasteiger partial charge in [-0.3, -0.25) is 0 Å². The molecule has 2 rings (SSSR count). The quantitative estimate of drug-likeness (QED) is 0.833. The molecule has 0 bridgehead atoms. The van der Waals surface area contributed by atoms with Crippen LogP contribution in [0.2, 0.25) is 0 Å². The van der Waals surface area contributed by atoms with Gasteiger partial charge >= 0.3 is 0 Å². The molecule has 0 amide bonds. The van der Waals surface area contributed by atoms with Crippen LogP contribution in [0.15, 0.2) is 24.3 Å². The molecule has 1 aromatic heterocycles. The molecule has 0 aliphatic heterocycles. The van der Waals surface area contributed by atoms with Crippen LogP contribution in [0.25, 0.3) is 0 Å². The highest BCUT2D eigenvalue weighted by molar-refractivity contribution is 5.27. The van der Waals surface area contributed by atoms with E-state index in [1.54, 1.807) is 0 Å². The van der Waals surface area contributed by atoms with Gasteiger partial charge in [0.15, 0.2) is 5.82 Å². The van der Waals surface area contributed by atoms with Crippen LogP contribution in [0.4, 0.5) is 0 Å². The Morgan fingerprint density at radius 1 is 1.29 bits per heavy atom. The van der Waals surface area contributed by atoms with Crippen LogP contribution in [0.5, 0.6) is 0 Å². The van der Waals surface area contributed by atoms with Crippen molar-refractivity contribution in [2.45, 2.75) is 45.9 Å². The molecule has 2 aromatic rings. The molecule has 1 N–H and O–H groups in total. The number of hydrogen-bond acceptors (Lipinski definition) is 5. The lowest BCUT2D eigenvalue weighted by atomic mass is 10.1. The summed E-state index contributed by atoms with van der Waals surface area (Å²) < 4.78 is 5.35. The molecule has 1 atom stereocenters. The summed E-state index contributed by atoms with van der Waals surface area (Å²) in [6.45, 7) is 6.48. The fourth-order valence-electron chi connectivity index (χ4n) is 1.95. The second-order valence-corrected chi connectivity index (χ2v) is 5.40. The van der Waals surface area contributed by atoms with Gasteiger partial charge in [0.25, 0.3) is 0 Å². The number of benzene rings is 1. The molecule has 0 saturated heterocycles. The van der Waals surface area contributed by atoms with Crippen LogP contribution < -0.4 is 0 Å². The molecular formula is C15H22N4O2. The van der Waals surface area contributed by atoms with E-state index in [-0.39, 0.29) is 19.3 Å². The van der Waals surface area contributed by atoms with Crippen molar-refractivity contribution in [1.82, 2.24) is 20.2 Å². The second-order valence-electron chi connectivity index (χ2n) is 5.40. The number of ether oxygens (including phenoxy) is 1. The van der Waals surface area contributed by atoms with E-state index in [9.17, 15) is 5.11 Å². The maximum atomic E-state index is 9.84. The Morgan fingerprint density at radius 3 is 2.76 bits per heavy atom. The van der Waals surface area contributed by atoms with Crippen molar-refractivity contribution >= 4 is 0 Å². The maximum absolute atomic E-state index is 9.84. The van der Waals surface area contributed by atoms with Gasteiger partial charge in [0.05, 0.1) is 25.4 Å². The third-order valence-electron chi connectivity index (χ3n) is 3.10. The maximum Gasteiger partial charge on any atom is 0.179 e. The number of aliphatic hydroxyl groups is 1. The number of aryl methyl sites for hydroxylation is 1. The summed E-state index contributed by atoms with van der Waals surface area (Å²) in [5.41, 5.74) is 2.39. The standard InChI is InChI=1S/C15H22N4O2/c1-11(2)21-10-14(20)9-19-17-15(16-18-19)8-13-7-5-4-6-12(13)3/h4-7,11,14,20H,8-10H2,1-3H3. The summed E-state index contributed by atoms with van der Waals surface area (Å²) in [5.74, 6) is 0.654. The number of nitrogens with zero attached hydrogens (tertiary/aromatic N) is 4. The van der Waals surface area contributed by atoms with Crippen molar-refractivity contribution in [3.05, 3.63) is 41.2 Å². The minimum Gasteiger partial charge on any atom is -0.389 e. The fraction of sp³-hybridized carbons (Fsp3) is 0.533. The smallest absolute Gasteiger partial charge is 0.179 e. The molecule has 0 fully saturated rings.